The first-order valence-electron chi connectivity index (χ1n) is 7.06. The van der Waals surface area contributed by atoms with Gasteiger partial charge >= 0.3 is 0 Å². The Morgan fingerprint density at radius 1 is 0.864 bits per heavy atom. The van der Waals surface area contributed by atoms with E-state index in [0.29, 0.717) is 17.7 Å². The van der Waals surface area contributed by atoms with Crippen molar-refractivity contribution in [2.75, 3.05) is 11.4 Å². The SMILES string of the molecule is CCN(C1=C(Cl)C(=O)c2ccccc2C1=O)c1ccccc1. The molecule has 22 heavy (non-hydrogen) atoms. The number of halogens is 1. The number of hydrogen-bond donors (Lipinski definition) is 0. The summed E-state index contributed by atoms with van der Waals surface area (Å²) in [6, 6.07) is 16.2. The number of nitrogens with zero attached hydrogens (tertiary/aromatic N) is 1. The molecule has 1 aliphatic rings. The standard InChI is InChI=1S/C18H14ClNO2/c1-2-20(12-8-4-3-5-9-12)16-15(19)17(21)13-10-6-7-11-14(13)18(16)22/h3-11H,2H2,1H3. The van der Waals surface area contributed by atoms with Gasteiger partial charge in [0, 0.05) is 23.4 Å². The first-order chi connectivity index (χ1) is 10.6. The van der Waals surface area contributed by atoms with Crippen molar-refractivity contribution in [3.63, 3.8) is 0 Å². The summed E-state index contributed by atoms with van der Waals surface area (Å²) in [4.78, 5) is 27.0. The Labute approximate surface area is 133 Å². The molecule has 110 valence electrons. The van der Waals surface area contributed by atoms with Gasteiger partial charge in [-0.1, -0.05) is 54.1 Å². The van der Waals surface area contributed by atoms with Crippen LogP contribution in [0, 0.1) is 0 Å². The predicted molar refractivity (Wildman–Crippen MR) is 87.4 cm³/mol. The zero-order chi connectivity index (χ0) is 15.7. The van der Waals surface area contributed by atoms with E-state index in [1.165, 1.54) is 0 Å². The molecule has 0 atom stereocenters. The van der Waals surface area contributed by atoms with Crippen LogP contribution in [0.1, 0.15) is 27.6 Å². The molecule has 1 aliphatic carbocycles. The summed E-state index contributed by atoms with van der Waals surface area (Å²) < 4.78 is 0. The molecule has 0 fully saturated rings. The maximum Gasteiger partial charge on any atom is 0.211 e. The van der Waals surface area contributed by atoms with E-state index < -0.39 is 0 Å². The summed E-state index contributed by atoms with van der Waals surface area (Å²) in [5, 5.41) is -0.0191. The molecule has 0 spiro atoms. The first kappa shape index (κ1) is 14.5. The van der Waals surface area contributed by atoms with Gasteiger partial charge in [0.25, 0.3) is 0 Å². The van der Waals surface area contributed by atoms with E-state index in [2.05, 4.69) is 0 Å². The van der Waals surface area contributed by atoms with Crippen molar-refractivity contribution in [1.29, 1.82) is 0 Å². The van der Waals surface area contributed by atoms with E-state index in [1.807, 2.05) is 37.3 Å². The molecule has 2 aromatic carbocycles. The second-order valence-corrected chi connectivity index (χ2v) is 5.32. The Balaban J connectivity index is 2.16. The average Bonchev–Trinajstić information content (AvgIpc) is 2.57. The number of allylic oxidation sites excluding steroid dienone is 2. The van der Waals surface area contributed by atoms with Crippen molar-refractivity contribution in [3.05, 3.63) is 76.5 Å². The van der Waals surface area contributed by atoms with Crippen LogP contribution in [0.4, 0.5) is 5.69 Å². The van der Waals surface area contributed by atoms with Crippen LogP contribution < -0.4 is 4.90 Å². The highest BCUT2D eigenvalue weighted by Gasteiger charge is 2.34. The van der Waals surface area contributed by atoms with Gasteiger partial charge in [-0.25, -0.2) is 0 Å². The number of rotatable bonds is 3. The Morgan fingerprint density at radius 2 is 1.41 bits per heavy atom. The largest absolute Gasteiger partial charge is 0.337 e. The summed E-state index contributed by atoms with van der Waals surface area (Å²) in [7, 11) is 0. The van der Waals surface area contributed by atoms with Crippen LogP contribution in [0.25, 0.3) is 0 Å². The molecule has 2 aromatic rings. The zero-order valence-electron chi connectivity index (χ0n) is 12.0. The molecule has 0 bridgehead atoms. The minimum Gasteiger partial charge on any atom is -0.337 e. The van der Waals surface area contributed by atoms with Gasteiger partial charge in [0.15, 0.2) is 0 Å². The van der Waals surface area contributed by atoms with Gasteiger partial charge in [-0.2, -0.15) is 0 Å². The Bertz CT molecular complexity index is 781. The fraction of sp³-hybridized carbons (Fsp3) is 0.111. The van der Waals surface area contributed by atoms with Crippen LogP contribution in [0.2, 0.25) is 0 Å². The minimum atomic E-state index is -0.304. The molecule has 0 N–H and O–H groups in total. The van der Waals surface area contributed by atoms with E-state index in [0.717, 1.165) is 5.69 Å². The first-order valence-corrected chi connectivity index (χ1v) is 7.43. The van der Waals surface area contributed by atoms with Crippen molar-refractivity contribution in [3.8, 4) is 0 Å². The number of carbonyl (C=O) groups is 2. The molecule has 0 saturated carbocycles. The molecule has 0 unspecified atom stereocenters. The number of hydrogen-bond acceptors (Lipinski definition) is 3. The molecule has 0 amide bonds. The summed E-state index contributed by atoms with van der Waals surface area (Å²) in [6.45, 7) is 2.46. The van der Waals surface area contributed by atoms with E-state index in [4.69, 9.17) is 11.6 Å². The van der Waals surface area contributed by atoms with Gasteiger partial charge in [0.1, 0.15) is 10.7 Å². The van der Waals surface area contributed by atoms with Crippen molar-refractivity contribution in [1.82, 2.24) is 0 Å². The van der Waals surface area contributed by atoms with Gasteiger partial charge in [-0.3, -0.25) is 9.59 Å². The fourth-order valence-electron chi connectivity index (χ4n) is 2.65. The fourth-order valence-corrected chi connectivity index (χ4v) is 2.94. The van der Waals surface area contributed by atoms with Crippen LogP contribution in [-0.4, -0.2) is 18.1 Å². The number of Topliss-reactive ketones (excluding diaryl/α,β-unsaturated/α-hetero) is 2. The van der Waals surface area contributed by atoms with E-state index >= 15 is 0 Å². The van der Waals surface area contributed by atoms with Crippen molar-refractivity contribution >= 4 is 28.9 Å². The number of fused-ring (bicyclic) bond motifs is 1. The maximum absolute atomic E-state index is 12.8. The molecule has 0 saturated heterocycles. The smallest absolute Gasteiger partial charge is 0.211 e. The second-order valence-electron chi connectivity index (χ2n) is 4.95. The summed E-state index contributed by atoms with van der Waals surface area (Å²) in [5.41, 5.74) is 1.85. The molecule has 0 heterocycles. The second kappa shape index (κ2) is 5.78. The third kappa shape index (κ3) is 2.24. The summed E-state index contributed by atoms with van der Waals surface area (Å²) in [5.74, 6) is -0.521. The predicted octanol–water partition coefficient (Wildman–Crippen LogP) is 4.04. The number of para-hydroxylation sites is 1. The third-order valence-corrected chi connectivity index (χ3v) is 4.04. The Hall–Kier alpha value is -2.39. The zero-order valence-corrected chi connectivity index (χ0v) is 12.8. The average molecular weight is 312 g/mol. The number of anilines is 1. The van der Waals surface area contributed by atoms with Crippen LogP contribution in [0.15, 0.2) is 65.3 Å². The molecular weight excluding hydrogens is 298 g/mol. The Kier molecular flexibility index (Phi) is 3.82. The lowest BCUT2D eigenvalue weighted by molar-refractivity contribution is 0.0978. The monoisotopic (exact) mass is 311 g/mol. The molecule has 0 radical (unpaired) electrons. The van der Waals surface area contributed by atoms with Gasteiger partial charge in [0.2, 0.25) is 11.6 Å². The molecular formula is C18H14ClNO2. The normalized spacial score (nSPS) is 14.1. The van der Waals surface area contributed by atoms with Crippen LogP contribution >= 0.6 is 11.6 Å². The summed E-state index contributed by atoms with van der Waals surface area (Å²) in [6.07, 6.45) is 0. The lowest BCUT2D eigenvalue weighted by Crippen LogP contribution is -2.33. The molecule has 3 nitrogen and oxygen atoms in total. The van der Waals surface area contributed by atoms with Crippen molar-refractivity contribution in [2.24, 2.45) is 0 Å². The van der Waals surface area contributed by atoms with E-state index in [9.17, 15) is 9.59 Å². The minimum absolute atomic E-state index is 0.0191. The summed E-state index contributed by atoms with van der Waals surface area (Å²) >= 11 is 6.25. The van der Waals surface area contributed by atoms with Crippen LogP contribution in [0.5, 0.6) is 0 Å². The van der Waals surface area contributed by atoms with Gasteiger partial charge in [-0.05, 0) is 19.1 Å². The number of benzene rings is 2. The molecule has 3 rings (SSSR count). The van der Waals surface area contributed by atoms with Gasteiger partial charge in [0.05, 0.1) is 0 Å². The van der Waals surface area contributed by atoms with Crippen LogP contribution in [-0.2, 0) is 0 Å². The van der Waals surface area contributed by atoms with Crippen molar-refractivity contribution < 1.29 is 9.59 Å². The van der Waals surface area contributed by atoms with Gasteiger partial charge < -0.3 is 4.90 Å². The topological polar surface area (TPSA) is 37.4 Å². The van der Waals surface area contributed by atoms with Crippen molar-refractivity contribution in [2.45, 2.75) is 6.92 Å². The highest BCUT2D eigenvalue weighted by Crippen LogP contribution is 2.32. The third-order valence-electron chi connectivity index (χ3n) is 3.69. The highest BCUT2D eigenvalue weighted by atomic mass is 35.5. The quantitative estimate of drug-likeness (QED) is 0.858. The van der Waals surface area contributed by atoms with E-state index in [1.54, 1.807) is 29.2 Å². The lowest BCUT2D eigenvalue weighted by Gasteiger charge is -2.29. The molecule has 0 aliphatic heterocycles. The number of carbonyl (C=O) groups excluding carboxylic acids is 2. The Morgan fingerprint density at radius 3 is 2.00 bits per heavy atom. The van der Waals surface area contributed by atoms with Crippen LogP contribution in [0.3, 0.4) is 0 Å². The molecule has 0 aromatic heterocycles. The maximum atomic E-state index is 12.8. The lowest BCUT2D eigenvalue weighted by atomic mass is 9.91. The van der Waals surface area contributed by atoms with Gasteiger partial charge in [-0.15, -0.1) is 0 Å². The molecule has 4 heteroatoms. The highest BCUT2D eigenvalue weighted by molar-refractivity contribution is 6.50. The van der Waals surface area contributed by atoms with E-state index in [-0.39, 0.29) is 22.3 Å². The number of ketones is 2. The number of likely N-dealkylation sites (N-methyl/N-ethyl adjacent to an activating group) is 1.